The summed E-state index contributed by atoms with van der Waals surface area (Å²) in [5.74, 6) is 0.732. The molecule has 1 aliphatic rings. The lowest BCUT2D eigenvalue weighted by atomic mass is 10.1. The molecule has 0 fully saturated rings. The van der Waals surface area contributed by atoms with Crippen molar-refractivity contribution in [2.75, 3.05) is 6.61 Å². The molecular weight excluding hydrogens is 202 g/mol. The van der Waals surface area contributed by atoms with Gasteiger partial charge in [0.05, 0.1) is 12.1 Å². The third-order valence-electron chi connectivity index (χ3n) is 2.53. The Kier molecular flexibility index (Phi) is 3.25. The maximum absolute atomic E-state index is 9.27. The van der Waals surface area contributed by atoms with Gasteiger partial charge in [-0.3, -0.25) is 0 Å². The van der Waals surface area contributed by atoms with E-state index in [1.54, 1.807) is 6.92 Å². The van der Waals surface area contributed by atoms with Crippen LogP contribution < -0.4 is 0 Å². The largest absolute Gasteiger partial charge is 0.475 e. The summed E-state index contributed by atoms with van der Waals surface area (Å²) in [6.45, 7) is 4.50. The fraction of sp³-hybridized carbons (Fsp3) is 0.462. The molecule has 16 heavy (non-hydrogen) atoms. The van der Waals surface area contributed by atoms with Gasteiger partial charge in [-0.25, -0.2) is 4.99 Å². The van der Waals surface area contributed by atoms with Crippen molar-refractivity contribution in [1.82, 2.24) is 0 Å². The van der Waals surface area contributed by atoms with Gasteiger partial charge in [-0.05, 0) is 38.0 Å². The lowest BCUT2D eigenvalue weighted by molar-refractivity contribution is 0.195. The van der Waals surface area contributed by atoms with Crippen molar-refractivity contribution in [2.24, 2.45) is 4.99 Å². The number of hydrogen-bond acceptors (Lipinski definition) is 3. The summed E-state index contributed by atoms with van der Waals surface area (Å²) >= 11 is 0. The monoisotopic (exact) mass is 219 g/mol. The van der Waals surface area contributed by atoms with Gasteiger partial charge < -0.3 is 9.84 Å². The fourth-order valence-electron chi connectivity index (χ4n) is 1.76. The second kappa shape index (κ2) is 4.66. The summed E-state index contributed by atoms with van der Waals surface area (Å²) in [4.78, 5) is 4.39. The first-order valence-corrected chi connectivity index (χ1v) is 5.63. The number of hydrogen-bond donors (Lipinski definition) is 1. The predicted octanol–water partition coefficient (Wildman–Crippen LogP) is 1.78. The van der Waals surface area contributed by atoms with Crippen LogP contribution in [0.2, 0.25) is 0 Å². The van der Waals surface area contributed by atoms with E-state index < -0.39 is 0 Å². The van der Waals surface area contributed by atoms with E-state index in [0.717, 1.165) is 17.0 Å². The van der Waals surface area contributed by atoms with E-state index in [1.165, 1.54) is 0 Å². The normalized spacial score (nSPS) is 21.4. The Balaban J connectivity index is 2.10. The summed E-state index contributed by atoms with van der Waals surface area (Å²) in [5.41, 5.74) is 2.14. The molecule has 3 heteroatoms. The van der Waals surface area contributed by atoms with Crippen LogP contribution >= 0.6 is 0 Å². The van der Waals surface area contributed by atoms with Crippen LogP contribution in [0.3, 0.4) is 0 Å². The minimum absolute atomic E-state index is 0.257. The van der Waals surface area contributed by atoms with Crippen LogP contribution in [0.4, 0.5) is 0 Å². The Hall–Kier alpha value is -1.35. The molecule has 2 atom stereocenters. The Morgan fingerprint density at radius 2 is 2.12 bits per heavy atom. The van der Waals surface area contributed by atoms with E-state index in [2.05, 4.69) is 4.99 Å². The van der Waals surface area contributed by atoms with Gasteiger partial charge in [0.2, 0.25) is 5.90 Å². The second-order valence-electron chi connectivity index (χ2n) is 4.34. The highest BCUT2D eigenvalue weighted by molar-refractivity contribution is 5.95. The summed E-state index contributed by atoms with van der Waals surface area (Å²) in [7, 11) is 0. The van der Waals surface area contributed by atoms with E-state index in [4.69, 9.17) is 4.74 Å². The maximum Gasteiger partial charge on any atom is 0.216 e. The van der Waals surface area contributed by atoms with Crippen molar-refractivity contribution in [3.8, 4) is 0 Å². The zero-order valence-corrected chi connectivity index (χ0v) is 9.68. The second-order valence-corrected chi connectivity index (χ2v) is 4.34. The highest BCUT2D eigenvalue weighted by atomic mass is 16.5. The van der Waals surface area contributed by atoms with E-state index in [1.807, 2.05) is 31.2 Å². The molecule has 1 heterocycles. The first-order valence-electron chi connectivity index (χ1n) is 5.63. The Labute approximate surface area is 95.8 Å². The zero-order valence-electron chi connectivity index (χ0n) is 9.68. The molecular formula is C13H17NO2. The van der Waals surface area contributed by atoms with Crippen LogP contribution in [0.1, 0.15) is 25.0 Å². The lowest BCUT2D eigenvalue weighted by Gasteiger charge is -2.05. The average molecular weight is 219 g/mol. The van der Waals surface area contributed by atoms with Crippen molar-refractivity contribution in [2.45, 2.75) is 32.4 Å². The smallest absolute Gasteiger partial charge is 0.216 e. The molecule has 1 aromatic rings. The summed E-state index contributed by atoms with van der Waals surface area (Å²) < 4.78 is 5.47. The third kappa shape index (κ3) is 2.61. The third-order valence-corrected chi connectivity index (χ3v) is 2.53. The Bertz CT molecular complexity index is 381. The molecule has 3 nitrogen and oxygen atoms in total. The molecule has 0 saturated carbocycles. The van der Waals surface area contributed by atoms with Crippen LogP contribution in [0, 0.1) is 0 Å². The summed E-state index contributed by atoms with van der Waals surface area (Å²) in [5, 5.41) is 9.27. The fourth-order valence-corrected chi connectivity index (χ4v) is 1.76. The molecule has 1 aromatic carbocycles. The van der Waals surface area contributed by atoms with Crippen molar-refractivity contribution in [3.63, 3.8) is 0 Å². The van der Waals surface area contributed by atoms with E-state index in [-0.39, 0.29) is 12.1 Å². The van der Waals surface area contributed by atoms with Gasteiger partial charge in [-0.15, -0.1) is 0 Å². The maximum atomic E-state index is 9.27. The molecule has 0 aromatic heterocycles. The number of aliphatic hydroxyl groups is 1. The number of nitrogens with zero attached hydrogens (tertiary/aromatic N) is 1. The van der Waals surface area contributed by atoms with Crippen LogP contribution in [0.25, 0.3) is 0 Å². The van der Waals surface area contributed by atoms with Crippen molar-refractivity contribution >= 4 is 5.90 Å². The van der Waals surface area contributed by atoms with E-state index >= 15 is 0 Å². The average Bonchev–Trinajstić information content (AvgIpc) is 2.65. The van der Waals surface area contributed by atoms with Gasteiger partial charge >= 0.3 is 0 Å². The SMILES string of the molecule is CC(O)Cc1ccc(C2=NC(C)CO2)cc1. The topological polar surface area (TPSA) is 41.8 Å². The molecule has 1 aliphatic heterocycles. The van der Waals surface area contributed by atoms with Crippen molar-refractivity contribution < 1.29 is 9.84 Å². The molecule has 2 unspecified atom stereocenters. The molecule has 1 N–H and O–H groups in total. The van der Waals surface area contributed by atoms with Gasteiger partial charge in [0.15, 0.2) is 0 Å². The van der Waals surface area contributed by atoms with Gasteiger partial charge in [0, 0.05) is 5.56 Å². The Morgan fingerprint density at radius 1 is 1.44 bits per heavy atom. The van der Waals surface area contributed by atoms with Gasteiger partial charge in [-0.2, -0.15) is 0 Å². The molecule has 0 radical (unpaired) electrons. The molecule has 0 saturated heterocycles. The molecule has 86 valence electrons. The van der Waals surface area contributed by atoms with Crippen LogP contribution in [-0.4, -0.2) is 29.8 Å². The number of ether oxygens (including phenoxy) is 1. The van der Waals surface area contributed by atoms with Crippen LogP contribution in [-0.2, 0) is 11.2 Å². The van der Waals surface area contributed by atoms with Crippen molar-refractivity contribution in [1.29, 1.82) is 0 Å². The number of rotatable bonds is 3. The lowest BCUT2D eigenvalue weighted by Crippen LogP contribution is -2.05. The quantitative estimate of drug-likeness (QED) is 0.842. The minimum Gasteiger partial charge on any atom is -0.475 e. The number of benzene rings is 1. The summed E-state index contributed by atoms with van der Waals surface area (Å²) in [6.07, 6.45) is 0.384. The number of aliphatic hydroxyl groups excluding tert-OH is 1. The first-order chi connectivity index (χ1) is 7.65. The predicted molar refractivity (Wildman–Crippen MR) is 63.8 cm³/mol. The zero-order chi connectivity index (χ0) is 11.5. The van der Waals surface area contributed by atoms with Gasteiger partial charge in [0.1, 0.15) is 6.61 Å². The molecule has 0 amide bonds. The summed E-state index contributed by atoms with van der Waals surface area (Å²) in [6, 6.07) is 8.27. The molecule has 0 bridgehead atoms. The minimum atomic E-state index is -0.300. The van der Waals surface area contributed by atoms with E-state index in [9.17, 15) is 5.11 Å². The molecule has 0 aliphatic carbocycles. The van der Waals surface area contributed by atoms with Gasteiger partial charge in [-0.1, -0.05) is 12.1 Å². The first kappa shape index (κ1) is 11.1. The van der Waals surface area contributed by atoms with Crippen LogP contribution in [0.5, 0.6) is 0 Å². The highest BCUT2D eigenvalue weighted by Crippen LogP contribution is 2.13. The van der Waals surface area contributed by atoms with Crippen molar-refractivity contribution in [3.05, 3.63) is 35.4 Å². The molecule has 2 rings (SSSR count). The van der Waals surface area contributed by atoms with E-state index in [0.29, 0.717) is 13.0 Å². The number of aliphatic imine (C=N–C) groups is 1. The molecule has 0 spiro atoms. The van der Waals surface area contributed by atoms with Gasteiger partial charge in [0.25, 0.3) is 0 Å². The van der Waals surface area contributed by atoms with Crippen LogP contribution in [0.15, 0.2) is 29.3 Å². The standard InChI is InChI=1S/C13H17NO2/c1-9-8-16-13(14-9)12-5-3-11(4-6-12)7-10(2)15/h3-6,9-10,15H,7-8H2,1-2H3. The highest BCUT2D eigenvalue weighted by Gasteiger charge is 2.15. The Morgan fingerprint density at radius 3 is 2.62 bits per heavy atom.